The van der Waals surface area contributed by atoms with E-state index in [1.54, 1.807) is 0 Å². The summed E-state index contributed by atoms with van der Waals surface area (Å²) in [6.07, 6.45) is 2.95. The summed E-state index contributed by atoms with van der Waals surface area (Å²) in [4.78, 5) is 27.0. The number of aryl methyl sites for hydroxylation is 1. The predicted octanol–water partition coefficient (Wildman–Crippen LogP) is 1.83. The molecule has 0 aliphatic carbocycles. The molecule has 33 heavy (non-hydrogen) atoms. The van der Waals surface area contributed by atoms with Crippen LogP contribution in [0.4, 0.5) is 10.1 Å². The Labute approximate surface area is 192 Å². The number of sulfonamides is 1. The van der Waals surface area contributed by atoms with Crippen LogP contribution in [0, 0.1) is 11.7 Å². The van der Waals surface area contributed by atoms with Crippen LogP contribution in [0.15, 0.2) is 53.4 Å². The Kier molecular flexibility index (Phi) is 6.94. The Bertz CT molecular complexity index is 1120. The maximum absolute atomic E-state index is 13.2. The average molecular weight is 475 g/mol. The lowest BCUT2D eigenvalue weighted by atomic mass is 9.99. The average Bonchev–Trinajstić information content (AvgIpc) is 2.83. The van der Waals surface area contributed by atoms with Gasteiger partial charge in [0, 0.05) is 25.3 Å². The van der Waals surface area contributed by atoms with Crippen LogP contribution in [0.5, 0.6) is 0 Å². The molecule has 1 fully saturated rings. The molecule has 0 radical (unpaired) electrons. The number of hydrogen-bond acceptors (Lipinski definition) is 5. The smallest absolute Gasteiger partial charge is 0.257 e. The Hall–Kier alpha value is -2.98. The summed E-state index contributed by atoms with van der Waals surface area (Å²) in [7, 11) is -3.83. The second kappa shape index (κ2) is 9.88. The second-order valence-electron chi connectivity index (χ2n) is 8.35. The van der Waals surface area contributed by atoms with Crippen molar-refractivity contribution >= 4 is 27.5 Å². The molecule has 2 amide bonds. The molecule has 2 N–H and O–H groups in total. The van der Waals surface area contributed by atoms with Gasteiger partial charge in [0.2, 0.25) is 15.9 Å². The maximum Gasteiger partial charge on any atom is 0.257 e. The Balaban J connectivity index is 1.31. The molecular weight excluding hydrogens is 447 g/mol. The highest BCUT2D eigenvalue weighted by molar-refractivity contribution is 7.89. The zero-order valence-corrected chi connectivity index (χ0v) is 19.0. The van der Waals surface area contributed by atoms with Gasteiger partial charge in [-0.1, -0.05) is 18.2 Å². The maximum atomic E-state index is 13.2. The van der Waals surface area contributed by atoms with Gasteiger partial charge in [0.15, 0.2) is 0 Å². The molecule has 1 unspecified atom stereocenters. The number of para-hydroxylation sites is 1. The van der Waals surface area contributed by atoms with Gasteiger partial charge < -0.3 is 4.90 Å². The van der Waals surface area contributed by atoms with E-state index in [4.69, 9.17) is 0 Å². The number of piperidine rings is 1. The molecule has 2 heterocycles. The number of carbonyl (C=O) groups excluding carboxylic acids is 2. The molecule has 8 nitrogen and oxygen atoms in total. The van der Waals surface area contributed by atoms with Gasteiger partial charge in [-0.2, -0.15) is 4.31 Å². The fourth-order valence-electron chi connectivity index (χ4n) is 4.35. The number of amides is 2. The van der Waals surface area contributed by atoms with Crippen LogP contribution in [-0.2, 0) is 26.0 Å². The van der Waals surface area contributed by atoms with Crippen LogP contribution in [0.2, 0.25) is 0 Å². The molecular formula is C23H27FN4O4S. The second-order valence-corrected chi connectivity index (χ2v) is 10.3. The third-order valence-corrected chi connectivity index (χ3v) is 7.95. The molecule has 0 saturated carbocycles. The molecule has 2 aliphatic rings. The summed E-state index contributed by atoms with van der Waals surface area (Å²) in [5, 5.41) is 0. The minimum Gasteiger partial charge on any atom is -0.362 e. The van der Waals surface area contributed by atoms with Crippen LogP contribution in [-0.4, -0.2) is 50.7 Å². The highest BCUT2D eigenvalue weighted by Gasteiger charge is 2.33. The van der Waals surface area contributed by atoms with E-state index in [1.807, 2.05) is 23.1 Å². The third kappa shape index (κ3) is 5.33. The molecule has 0 spiro atoms. The topological polar surface area (TPSA) is 98.8 Å². The molecule has 2 aromatic carbocycles. The lowest BCUT2D eigenvalue weighted by Gasteiger charge is -2.32. The van der Waals surface area contributed by atoms with Gasteiger partial charge >= 0.3 is 0 Å². The van der Waals surface area contributed by atoms with Crippen molar-refractivity contribution in [3.63, 3.8) is 0 Å². The zero-order valence-electron chi connectivity index (χ0n) is 18.2. The molecule has 1 saturated heterocycles. The van der Waals surface area contributed by atoms with Crippen molar-refractivity contribution < 1.29 is 22.4 Å². The van der Waals surface area contributed by atoms with Crippen molar-refractivity contribution in [2.45, 2.75) is 30.6 Å². The molecule has 0 bridgehead atoms. The van der Waals surface area contributed by atoms with Crippen molar-refractivity contribution in [1.82, 2.24) is 15.2 Å². The summed E-state index contributed by atoms with van der Waals surface area (Å²) < 4.78 is 40.1. The van der Waals surface area contributed by atoms with Crippen LogP contribution < -0.4 is 15.8 Å². The highest BCUT2D eigenvalue weighted by Crippen LogP contribution is 2.26. The zero-order chi connectivity index (χ0) is 23.4. The van der Waals surface area contributed by atoms with Crippen molar-refractivity contribution in [2.24, 2.45) is 5.92 Å². The third-order valence-electron chi connectivity index (χ3n) is 6.07. The first kappa shape index (κ1) is 23.2. The number of hydrazine groups is 1. The van der Waals surface area contributed by atoms with Crippen molar-refractivity contribution in [3.05, 3.63) is 59.9 Å². The standard InChI is InChI=1S/C23H27FN4O4S/c24-19-9-11-20(12-10-19)33(31,32)28-14-4-7-18(15-28)23(30)26-25-22(29)16-27-13-3-6-17-5-1-2-8-21(17)27/h1-2,5,8-12,18H,3-4,6-7,13-16H2,(H,25,29)(H,26,30). The number of nitrogens with one attached hydrogen (secondary N) is 2. The largest absolute Gasteiger partial charge is 0.362 e. The van der Waals surface area contributed by atoms with Crippen molar-refractivity contribution in [1.29, 1.82) is 0 Å². The van der Waals surface area contributed by atoms with Gasteiger partial charge in [0.05, 0.1) is 17.4 Å². The van der Waals surface area contributed by atoms with E-state index in [0.717, 1.165) is 37.2 Å². The number of carbonyl (C=O) groups is 2. The van der Waals surface area contributed by atoms with E-state index in [1.165, 1.54) is 22.0 Å². The van der Waals surface area contributed by atoms with Crippen molar-refractivity contribution in [2.75, 3.05) is 31.1 Å². The molecule has 2 aromatic rings. The molecule has 0 aromatic heterocycles. The monoisotopic (exact) mass is 474 g/mol. The van der Waals surface area contributed by atoms with Gasteiger partial charge in [-0.15, -0.1) is 0 Å². The summed E-state index contributed by atoms with van der Waals surface area (Å²) >= 11 is 0. The fraction of sp³-hybridized carbons (Fsp3) is 0.391. The number of rotatable bonds is 5. The van der Waals surface area contributed by atoms with Crippen LogP contribution >= 0.6 is 0 Å². The van der Waals surface area contributed by atoms with Crippen molar-refractivity contribution in [3.8, 4) is 0 Å². The number of halogens is 1. The van der Waals surface area contributed by atoms with E-state index >= 15 is 0 Å². The molecule has 2 aliphatic heterocycles. The van der Waals surface area contributed by atoms with E-state index in [-0.39, 0.29) is 30.4 Å². The molecule has 1 atom stereocenters. The number of anilines is 1. The summed E-state index contributed by atoms with van der Waals surface area (Å²) in [5.41, 5.74) is 7.13. The molecule has 4 rings (SSSR count). The van der Waals surface area contributed by atoms with Crippen LogP contribution in [0.25, 0.3) is 0 Å². The lowest BCUT2D eigenvalue weighted by Crippen LogP contribution is -2.52. The van der Waals surface area contributed by atoms with E-state index in [2.05, 4.69) is 16.9 Å². The Morgan fingerprint density at radius 1 is 1.00 bits per heavy atom. The minimum absolute atomic E-state index is 0.000907. The summed E-state index contributed by atoms with van der Waals surface area (Å²) in [6.45, 7) is 1.16. The highest BCUT2D eigenvalue weighted by atomic mass is 32.2. The van der Waals surface area contributed by atoms with Crippen LogP contribution in [0.1, 0.15) is 24.8 Å². The number of benzene rings is 2. The van der Waals surface area contributed by atoms with Gasteiger partial charge in [0.25, 0.3) is 5.91 Å². The van der Waals surface area contributed by atoms with Gasteiger partial charge in [-0.25, -0.2) is 12.8 Å². The Morgan fingerprint density at radius 2 is 1.76 bits per heavy atom. The van der Waals surface area contributed by atoms with E-state index < -0.39 is 27.7 Å². The van der Waals surface area contributed by atoms with E-state index in [0.29, 0.717) is 12.8 Å². The van der Waals surface area contributed by atoms with Gasteiger partial charge in [0.1, 0.15) is 5.82 Å². The first-order valence-corrected chi connectivity index (χ1v) is 12.5. The SMILES string of the molecule is O=C(CN1CCCc2ccccc21)NNC(=O)C1CCCN(S(=O)(=O)c2ccc(F)cc2)C1. The number of nitrogens with zero attached hydrogens (tertiary/aromatic N) is 2. The number of hydrogen-bond donors (Lipinski definition) is 2. The number of fused-ring (bicyclic) bond motifs is 1. The summed E-state index contributed by atoms with van der Waals surface area (Å²) in [6, 6.07) is 12.6. The first-order chi connectivity index (χ1) is 15.8. The summed E-state index contributed by atoms with van der Waals surface area (Å²) in [5.74, 6) is -1.88. The van der Waals surface area contributed by atoms with Gasteiger partial charge in [-0.3, -0.25) is 20.4 Å². The lowest BCUT2D eigenvalue weighted by molar-refractivity contribution is -0.131. The van der Waals surface area contributed by atoms with Crippen LogP contribution in [0.3, 0.4) is 0 Å². The quantitative estimate of drug-likeness (QED) is 0.645. The predicted molar refractivity (Wildman–Crippen MR) is 121 cm³/mol. The first-order valence-electron chi connectivity index (χ1n) is 11.0. The fourth-order valence-corrected chi connectivity index (χ4v) is 5.88. The van der Waals surface area contributed by atoms with E-state index in [9.17, 15) is 22.4 Å². The molecule has 10 heteroatoms. The van der Waals surface area contributed by atoms with Gasteiger partial charge in [-0.05, 0) is 61.6 Å². The molecule has 176 valence electrons. The Morgan fingerprint density at radius 3 is 2.55 bits per heavy atom. The normalized spacial score (nSPS) is 18.9. The minimum atomic E-state index is -3.83.